The van der Waals surface area contributed by atoms with Crippen LogP contribution in [-0.4, -0.2) is 11.5 Å². The second-order valence-corrected chi connectivity index (χ2v) is 4.65. The van der Waals surface area contributed by atoms with Gasteiger partial charge in [0.1, 0.15) is 5.50 Å². The van der Waals surface area contributed by atoms with Crippen LogP contribution in [0.5, 0.6) is 0 Å². The van der Waals surface area contributed by atoms with Gasteiger partial charge in [0.05, 0.1) is 6.00 Å². The van der Waals surface area contributed by atoms with Crippen molar-refractivity contribution in [3.63, 3.8) is 0 Å². The minimum atomic E-state index is -0.110. The molecule has 0 aliphatic carbocycles. The second kappa shape index (κ2) is 6.07. The summed E-state index contributed by atoms with van der Waals surface area (Å²) in [7, 11) is 0. The van der Waals surface area contributed by atoms with E-state index in [4.69, 9.17) is 23.2 Å². The molecule has 13 heavy (non-hydrogen) atoms. The Morgan fingerprint density at radius 2 is 1.92 bits per heavy atom. The van der Waals surface area contributed by atoms with E-state index < -0.39 is 0 Å². The van der Waals surface area contributed by atoms with Crippen molar-refractivity contribution in [2.24, 2.45) is 11.3 Å². The van der Waals surface area contributed by atoms with Crippen molar-refractivity contribution in [1.29, 1.82) is 0 Å². The van der Waals surface area contributed by atoms with Crippen LogP contribution in [0.1, 0.15) is 34.1 Å². The molecule has 0 aliphatic rings. The summed E-state index contributed by atoms with van der Waals surface area (Å²) in [6.07, 6.45) is 1.12. The van der Waals surface area contributed by atoms with Crippen molar-refractivity contribution >= 4 is 23.2 Å². The van der Waals surface area contributed by atoms with E-state index in [1.165, 1.54) is 0 Å². The molecule has 0 aromatic heterocycles. The third-order valence-corrected chi connectivity index (χ3v) is 3.64. The summed E-state index contributed by atoms with van der Waals surface area (Å²) in [5.41, 5.74) is 5.73. The van der Waals surface area contributed by atoms with Gasteiger partial charge in [0, 0.05) is 0 Å². The van der Waals surface area contributed by atoms with E-state index in [1.54, 1.807) is 0 Å². The van der Waals surface area contributed by atoms with E-state index in [9.17, 15) is 0 Å². The Morgan fingerprint density at radius 1 is 1.38 bits per heavy atom. The number of hydrogen-bond acceptors (Lipinski definition) is 2. The molecule has 0 heterocycles. The van der Waals surface area contributed by atoms with Crippen LogP contribution in [0.3, 0.4) is 0 Å². The van der Waals surface area contributed by atoms with Crippen LogP contribution in [0, 0.1) is 11.3 Å². The average Bonchev–Trinajstić information content (AvgIpc) is 2.12. The number of nitrogens with one attached hydrogen (secondary N) is 2. The molecule has 0 aromatic rings. The van der Waals surface area contributed by atoms with E-state index in [0.717, 1.165) is 6.42 Å². The minimum absolute atomic E-state index is 0.0510. The molecule has 0 saturated carbocycles. The topological polar surface area (TPSA) is 24.1 Å². The fraction of sp³-hybridized carbons (Fsp3) is 1.00. The molecule has 0 rings (SSSR count). The van der Waals surface area contributed by atoms with E-state index in [0.29, 0.717) is 11.9 Å². The minimum Gasteiger partial charge on any atom is -0.242 e. The first kappa shape index (κ1) is 13.5. The number of hydrazine groups is 1. The van der Waals surface area contributed by atoms with Gasteiger partial charge in [-0.05, 0) is 11.3 Å². The van der Waals surface area contributed by atoms with Gasteiger partial charge < -0.3 is 0 Å². The standard InChI is InChI=1S/C9H20Cl2N2/c1-5-7(2)9(3,4)8(11)13-12-6-10/h7-8,12-13H,5-6H2,1-4H3. The fourth-order valence-corrected chi connectivity index (χ4v) is 1.46. The first-order valence-electron chi connectivity index (χ1n) is 4.65. The van der Waals surface area contributed by atoms with Gasteiger partial charge in [-0.15, -0.1) is 23.2 Å². The highest BCUT2D eigenvalue weighted by Gasteiger charge is 2.32. The lowest BCUT2D eigenvalue weighted by atomic mass is 9.78. The number of hydrogen-bond donors (Lipinski definition) is 2. The highest BCUT2D eigenvalue weighted by molar-refractivity contribution is 6.21. The molecule has 0 fully saturated rings. The molecule has 0 aliphatic heterocycles. The summed E-state index contributed by atoms with van der Waals surface area (Å²) in [6, 6.07) is 0.361. The SMILES string of the molecule is CCC(C)C(C)(C)C(Cl)NNCCl. The van der Waals surface area contributed by atoms with Crippen LogP contribution in [0.4, 0.5) is 0 Å². The van der Waals surface area contributed by atoms with E-state index in [1.807, 2.05) is 0 Å². The van der Waals surface area contributed by atoms with E-state index in [-0.39, 0.29) is 10.9 Å². The first-order valence-corrected chi connectivity index (χ1v) is 5.62. The number of alkyl halides is 2. The van der Waals surface area contributed by atoms with Crippen molar-refractivity contribution in [2.75, 3.05) is 6.00 Å². The van der Waals surface area contributed by atoms with Crippen LogP contribution in [-0.2, 0) is 0 Å². The van der Waals surface area contributed by atoms with Gasteiger partial charge in [-0.2, -0.15) is 0 Å². The molecule has 2 N–H and O–H groups in total. The summed E-state index contributed by atoms with van der Waals surface area (Å²) in [6.45, 7) is 8.69. The zero-order valence-electron chi connectivity index (χ0n) is 8.82. The Labute approximate surface area is 91.3 Å². The Kier molecular flexibility index (Phi) is 6.31. The molecule has 2 atom stereocenters. The average molecular weight is 227 g/mol. The molecule has 2 nitrogen and oxygen atoms in total. The first-order chi connectivity index (χ1) is 5.96. The predicted molar refractivity (Wildman–Crippen MR) is 59.9 cm³/mol. The molecule has 0 saturated heterocycles. The maximum absolute atomic E-state index is 6.19. The summed E-state index contributed by atoms with van der Waals surface area (Å²) >= 11 is 11.7. The molecule has 0 aromatic carbocycles. The monoisotopic (exact) mass is 226 g/mol. The summed E-state index contributed by atoms with van der Waals surface area (Å²) in [5, 5.41) is 0. The van der Waals surface area contributed by atoms with Crippen LogP contribution in [0.15, 0.2) is 0 Å². The summed E-state index contributed by atoms with van der Waals surface area (Å²) < 4.78 is 0. The molecule has 2 unspecified atom stereocenters. The van der Waals surface area contributed by atoms with Crippen molar-refractivity contribution in [1.82, 2.24) is 10.9 Å². The maximum atomic E-state index is 6.19. The predicted octanol–water partition coefficient (Wildman–Crippen LogP) is 2.91. The Morgan fingerprint density at radius 3 is 2.31 bits per heavy atom. The van der Waals surface area contributed by atoms with Crippen molar-refractivity contribution in [3.05, 3.63) is 0 Å². The molecular weight excluding hydrogens is 207 g/mol. The lowest BCUT2D eigenvalue weighted by Crippen LogP contribution is -2.47. The number of rotatable bonds is 6. The summed E-state index contributed by atoms with van der Waals surface area (Å²) in [4.78, 5) is 0. The zero-order chi connectivity index (χ0) is 10.5. The maximum Gasteiger partial charge on any atom is 0.100 e. The third kappa shape index (κ3) is 4.03. The van der Waals surface area contributed by atoms with Crippen molar-refractivity contribution < 1.29 is 0 Å². The lowest BCUT2D eigenvalue weighted by Gasteiger charge is -2.36. The molecule has 0 bridgehead atoms. The van der Waals surface area contributed by atoms with Crippen LogP contribution in [0.25, 0.3) is 0 Å². The van der Waals surface area contributed by atoms with Gasteiger partial charge in [-0.1, -0.05) is 34.1 Å². The highest BCUT2D eigenvalue weighted by Crippen LogP contribution is 2.34. The van der Waals surface area contributed by atoms with Crippen LogP contribution >= 0.6 is 23.2 Å². The molecular formula is C9H20Cl2N2. The normalized spacial score (nSPS) is 17.1. The quantitative estimate of drug-likeness (QED) is 0.414. The van der Waals surface area contributed by atoms with Crippen molar-refractivity contribution in [3.8, 4) is 0 Å². The Balaban J connectivity index is 4.09. The smallest absolute Gasteiger partial charge is 0.100 e. The lowest BCUT2D eigenvalue weighted by molar-refractivity contribution is 0.184. The van der Waals surface area contributed by atoms with Gasteiger partial charge in [-0.25, -0.2) is 10.9 Å². The van der Waals surface area contributed by atoms with Gasteiger partial charge in [-0.3, -0.25) is 0 Å². The molecule has 0 spiro atoms. The highest BCUT2D eigenvalue weighted by atomic mass is 35.5. The van der Waals surface area contributed by atoms with Gasteiger partial charge in [0.2, 0.25) is 0 Å². The fourth-order valence-electron chi connectivity index (χ4n) is 1.09. The van der Waals surface area contributed by atoms with E-state index in [2.05, 4.69) is 38.5 Å². The summed E-state index contributed by atoms with van der Waals surface area (Å²) in [5.74, 6) is 0.569. The zero-order valence-corrected chi connectivity index (χ0v) is 10.3. The molecule has 4 heteroatoms. The van der Waals surface area contributed by atoms with Gasteiger partial charge >= 0.3 is 0 Å². The Hall–Kier alpha value is 0.500. The van der Waals surface area contributed by atoms with E-state index >= 15 is 0 Å². The molecule has 0 amide bonds. The number of halogens is 2. The largest absolute Gasteiger partial charge is 0.242 e. The van der Waals surface area contributed by atoms with Crippen LogP contribution in [0.2, 0.25) is 0 Å². The molecule has 0 radical (unpaired) electrons. The van der Waals surface area contributed by atoms with Crippen molar-refractivity contribution in [2.45, 2.75) is 39.6 Å². The van der Waals surface area contributed by atoms with Gasteiger partial charge in [0.25, 0.3) is 0 Å². The third-order valence-electron chi connectivity index (χ3n) is 2.83. The second-order valence-electron chi connectivity index (χ2n) is 3.95. The van der Waals surface area contributed by atoms with Crippen LogP contribution < -0.4 is 10.9 Å². The molecule has 80 valence electrons. The Bertz CT molecular complexity index is 140. The van der Waals surface area contributed by atoms with Gasteiger partial charge in [0.15, 0.2) is 0 Å².